The first-order valence-electron chi connectivity index (χ1n) is 10.6. The van der Waals surface area contributed by atoms with Crippen molar-refractivity contribution in [3.05, 3.63) is 65.2 Å². The van der Waals surface area contributed by atoms with E-state index in [-0.39, 0.29) is 18.4 Å². The molecule has 2 aromatic carbocycles. The molecule has 0 aromatic heterocycles. The topological polar surface area (TPSA) is 58.6 Å². The molecule has 30 heavy (non-hydrogen) atoms. The Morgan fingerprint density at radius 3 is 2.37 bits per heavy atom. The maximum absolute atomic E-state index is 13.2. The van der Waals surface area contributed by atoms with Crippen LogP contribution in [-0.4, -0.2) is 35.9 Å². The highest BCUT2D eigenvalue weighted by Crippen LogP contribution is 2.19. The predicted molar refractivity (Wildman–Crippen MR) is 120 cm³/mol. The molecule has 0 heterocycles. The number of amides is 2. The summed E-state index contributed by atoms with van der Waals surface area (Å²) in [5.41, 5.74) is 3.11. The Balaban J connectivity index is 2.18. The van der Waals surface area contributed by atoms with Gasteiger partial charge in [-0.15, -0.1) is 0 Å². The molecule has 0 aliphatic heterocycles. The van der Waals surface area contributed by atoms with E-state index in [0.717, 1.165) is 16.7 Å². The van der Waals surface area contributed by atoms with Gasteiger partial charge >= 0.3 is 0 Å². The van der Waals surface area contributed by atoms with Gasteiger partial charge in [0.15, 0.2) is 6.61 Å². The van der Waals surface area contributed by atoms with Gasteiger partial charge in [-0.05, 0) is 43.4 Å². The third kappa shape index (κ3) is 6.90. The molecule has 1 N–H and O–H groups in total. The summed E-state index contributed by atoms with van der Waals surface area (Å²) >= 11 is 0. The lowest BCUT2D eigenvalue weighted by Crippen LogP contribution is -2.50. The van der Waals surface area contributed by atoms with Gasteiger partial charge < -0.3 is 15.0 Å². The van der Waals surface area contributed by atoms with Crippen LogP contribution in [0.4, 0.5) is 0 Å². The Bertz CT molecular complexity index is 834. The van der Waals surface area contributed by atoms with Crippen LogP contribution >= 0.6 is 0 Å². The van der Waals surface area contributed by atoms with Crippen molar-refractivity contribution in [3.8, 4) is 5.75 Å². The van der Waals surface area contributed by atoms with Crippen molar-refractivity contribution >= 4 is 11.8 Å². The fourth-order valence-corrected chi connectivity index (χ4v) is 3.31. The summed E-state index contributed by atoms with van der Waals surface area (Å²) in [6.45, 7) is 10.8. The van der Waals surface area contributed by atoms with Crippen molar-refractivity contribution in [2.75, 3.05) is 13.2 Å². The van der Waals surface area contributed by atoms with Gasteiger partial charge in [0, 0.05) is 13.1 Å². The molecule has 0 saturated heterocycles. The lowest BCUT2D eigenvalue weighted by atomic mass is 10.1. The number of nitrogens with zero attached hydrogens (tertiary/aromatic N) is 1. The van der Waals surface area contributed by atoms with Crippen LogP contribution in [0.2, 0.25) is 0 Å². The Morgan fingerprint density at radius 1 is 1.07 bits per heavy atom. The quantitative estimate of drug-likeness (QED) is 0.637. The fraction of sp³-hybridized carbons (Fsp3) is 0.440. The van der Waals surface area contributed by atoms with Crippen molar-refractivity contribution in [1.29, 1.82) is 0 Å². The summed E-state index contributed by atoms with van der Waals surface area (Å²) in [6, 6.07) is 15.1. The normalized spacial score (nSPS) is 11.8. The molecule has 1 unspecified atom stereocenters. The number of hydrogen-bond donors (Lipinski definition) is 1. The highest BCUT2D eigenvalue weighted by Gasteiger charge is 2.29. The first-order valence-corrected chi connectivity index (χ1v) is 10.6. The lowest BCUT2D eigenvalue weighted by Gasteiger charge is -2.31. The molecule has 2 aromatic rings. The Kier molecular flexibility index (Phi) is 8.90. The van der Waals surface area contributed by atoms with E-state index in [1.54, 1.807) is 4.90 Å². The summed E-state index contributed by atoms with van der Waals surface area (Å²) in [7, 11) is 0. The molecule has 2 amide bonds. The summed E-state index contributed by atoms with van der Waals surface area (Å²) in [5, 5.41) is 2.97. The molecular formula is C25H34N2O3. The van der Waals surface area contributed by atoms with Crippen molar-refractivity contribution in [1.82, 2.24) is 10.2 Å². The van der Waals surface area contributed by atoms with Gasteiger partial charge in [0.2, 0.25) is 5.91 Å². The van der Waals surface area contributed by atoms with E-state index in [2.05, 4.69) is 5.32 Å². The van der Waals surface area contributed by atoms with Gasteiger partial charge in [0.1, 0.15) is 11.8 Å². The van der Waals surface area contributed by atoms with Gasteiger partial charge in [-0.3, -0.25) is 9.59 Å². The summed E-state index contributed by atoms with van der Waals surface area (Å²) in [4.78, 5) is 27.6. The van der Waals surface area contributed by atoms with Crippen molar-refractivity contribution in [2.24, 2.45) is 5.92 Å². The van der Waals surface area contributed by atoms with E-state index in [1.165, 1.54) is 0 Å². The van der Waals surface area contributed by atoms with E-state index in [1.807, 2.05) is 83.1 Å². The highest BCUT2D eigenvalue weighted by atomic mass is 16.5. The average molecular weight is 411 g/mol. The van der Waals surface area contributed by atoms with E-state index >= 15 is 0 Å². The van der Waals surface area contributed by atoms with E-state index in [0.29, 0.717) is 31.2 Å². The van der Waals surface area contributed by atoms with Gasteiger partial charge in [-0.2, -0.15) is 0 Å². The summed E-state index contributed by atoms with van der Waals surface area (Å²) < 4.78 is 5.82. The van der Waals surface area contributed by atoms with Crippen LogP contribution in [0.15, 0.2) is 48.5 Å². The minimum absolute atomic E-state index is 0.106. The fourth-order valence-electron chi connectivity index (χ4n) is 3.31. The largest absolute Gasteiger partial charge is 0.483 e. The van der Waals surface area contributed by atoms with Crippen LogP contribution in [0.1, 0.15) is 43.9 Å². The van der Waals surface area contributed by atoms with E-state index in [9.17, 15) is 9.59 Å². The predicted octanol–water partition coefficient (Wildman–Crippen LogP) is 4.26. The molecule has 2 rings (SSSR count). The number of hydrogen-bond acceptors (Lipinski definition) is 3. The number of rotatable bonds is 10. The zero-order chi connectivity index (χ0) is 22.1. The molecule has 162 valence electrons. The van der Waals surface area contributed by atoms with Crippen molar-refractivity contribution < 1.29 is 14.3 Å². The second kappa shape index (κ2) is 11.4. The van der Waals surface area contributed by atoms with Crippen LogP contribution < -0.4 is 10.1 Å². The standard InChI is InChI=1S/C25H34N2O3/c1-6-22(25(29)26-15-18(2)3)27(16-21-10-8-7-9-11-21)24(28)17-30-23-13-12-19(4)14-20(23)5/h7-14,18,22H,6,15-17H2,1-5H3,(H,26,29). The smallest absolute Gasteiger partial charge is 0.261 e. The zero-order valence-electron chi connectivity index (χ0n) is 18.8. The minimum atomic E-state index is -0.542. The molecule has 0 radical (unpaired) electrons. The van der Waals surface area contributed by atoms with E-state index in [4.69, 9.17) is 4.74 Å². The van der Waals surface area contributed by atoms with Crippen molar-refractivity contribution in [2.45, 2.75) is 53.6 Å². The van der Waals surface area contributed by atoms with Crippen LogP contribution in [0.5, 0.6) is 5.75 Å². The molecular weight excluding hydrogens is 376 g/mol. The zero-order valence-corrected chi connectivity index (χ0v) is 18.8. The molecule has 1 atom stereocenters. The van der Waals surface area contributed by atoms with Crippen LogP contribution in [0.25, 0.3) is 0 Å². The number of carbonyl (C=O) groups is 2. The Labute approximate surface area is 180 Å². The molecule has 0 bridgehead atoms. The van der Waals surface area contributed by atoms with Gasteiger partial charge in [0.05, 0.1) is 0 Å². The van der Waals surface area contributed by atoms with E-state index < -0.39 is 6.04 Å². The Morgan fingerprint density at radius 2 is 1.77 bits per heavy atom. The maximum atomic E-state index is 13.2. The van der Waals surface area contributed by atoms with Gasteiger partial charge in [-0.25, -0.2) is 0 Å². The maximum Gasteiger partial charge on any atom is 0.261 e. The molecule has 0 fully saturated rings. The first kappa shape index (κ1) is 23.5. The number of benzene rings is 2. The second-order valence-electron chi connectivity index (χ2n) is 8.13. The van der Waals surface area contributed by atoms with Crippen molar-refractivity contribution in [3.63, 3.8) is 0 Å². The van der Waals surface area contributed by atoms with Gasteiger partial charge in [-0.1, -0.05) is 68.8 Å². The average Bonchev–Trinajstić information content (AvgIpc) is 2.72. The third-order valence-corrected chi connectivity index (χ3v) is 4.95. The molecule has 5 heteroatoms. The molecule has 0 spiro atoms. The molecule has 0 saturated carbocycles. The summed E-state index contributed by atoms with van der Waals surface area (Å²) in [5.74, 6) is 0.705. The number of nitrogens with one attached hydrogen (secondary N) is 1. The third-order valence-electron chi connectivity index (χ3n) is 4.95. The van der Waals surface area contributed by atoms with Crippen LogP contribution in [0.3, 0.4) is 0 Å². The monoisotopic (exact) mass is 410 g/mol. The molecule has 5 nitrogen and oxygen atoms in total. The first-order chi connectivity index (χ1) is 14.3. The van der Waals surface area contributed by atoms with Crippen LogP contribution in [0, 0.1) is 19.8 Å². The molecule has 0 aliphatic rings. The van der Waals surface area contributed by atoms with Crippen LogP contribution in [-0.2, 0) is 16.1 Å². The SMILES string of the molecule is CCC(C(=O)NCC(C)C)N(Cc1ccccc1)C(=O)COc1ccc(C)cc1C. The lowest BCUT2D eigenvalue weighted by molar-refractivity contribution is -0.143. The molecule has 0 aliphatic carbocycles. The minimum Gasteiger partial charge on any atom is -0.483 e. The number of carbonyl (C=O) groups excluding carboxylic acids is 2. The number of ether oxygens (including phenoxy) is 1. The van der Waals surface area contributed by atoms with Gasteiger partial charge in [0.25, 0.3) is 5.91 Å². The Hall–Kier alpha value is -2.82. The summed E-state index contributed by atoms with van der Waals surface area (Å²) in [6.07, 6.45) is 0.534. The second-order valence-corrected chi connectivity index (χ2v) is 8.13. The number of aryl methyl sites for hydroxylation is 2. The highest BCUT2D eigenvalue weighted by molar-refractivity contribution is 5.88.